The molecule has 0 saturated carbocycles. The second-order valence-corrected chi connectivity index (χ2v) is 8.93. The first-order chi connectivity index (χ1) is 12.6. The van der Waals surface area contributed by atoms with E-state index < -0.39 is 27.6 Å². The molecule has 2 atom stereocenters. The van der Waals surface area contributed by atoms with E-state index in [-0.39, 0.29) is 18.5 Å². The van der Waals surface area contributed by atoms with Crippen LogP contribution >= 0.6 is 0 Å². The van der Waals surface area contributed by atoms with Crippen LogP contribution in [-0.2, 0) is 20.8 Å². The van der Waals surface area contributed by atoms with Crippen molar-refractivity contribution in [3.05, 3.63) is 41.6 Å². The lowest BCUT2D eigenvalue weighted by Crippen LogP contribution is -2.32. The maximum atomic E-state index is 12.9. The summed E-state index contributed by atoms with van der Waals surface area (Å²) in [6, 6.07) is 4.31. The number of nitriles is 1. The van der Waals surface area contributed by atoms with Gasteiger partial charge >= 0.3 is 6.18 Å². The Morgan fingerprint density at radius 2 is 2.11 bits per heavy atom. The molecule has 2 aliphatic rings. The average Bonchev–Trinajstić information content (AvgIpc) is 3.19. The lowest BCUT2D eigenvalue weighted by molar-refractivity contribution is -0.137. The Hall–Kier alpha value is -2.41. The highest BCUT2D eigenvalue weighted by Crippen LogP contribution is 2.33. The van der Waals surface area contributed by atoms with Gasteiger partial charge in [0.25, 0.3) is 0 Å². The van der Waals surface area contributed by atoms with Gasteiger partial charge in [-0.05, 0) is 18.6 Å². The second-order valence-electron chi connectivity index (χ2n) is 6.75. The minimum absolute atomic E-state index is 0.115. The Morgan fingerprint density at radius 3 is 2.74 bits per heavy atom. The van der Waals surface area contributed by atoms with E-state index in [1.807, 2.05) is 6.19 Å². The summed E-state index contributed by atoms with van der Waals surface area (Å²) < 4.78 is 67.3. The lowest BCUT2D eigenvalue weighted by Gasteiger charge is -2.20. The number of hydrogen-bond acceptors (Lipinski definition) is 6. The summed E-state index contributed by atoms with van der Waals surface area (Å²) in [4.78, 5) is 3.23. The fourth-order valence-corrected chi connectivity index (χ4v) is 4.36. The number of likely N-dealkylation sites (tertiary alicyclic amines) is 1. The molecule has 0 unspecified atom stereocenters. The Labute approximate surface area is 155 Å². The van der Waals surface area contributed by atoms with Gasteiger partial charge < -0.3 is 14.5 Å². The molecular weight excluding hydrogens is 383 g/mol. The Morgan fingerprint density at radius 1 is 1.37 bits per heavy atom. The van der Waals surface area contributed by atoms with Crippen molar-refractivity contribution in [3.63, 3.8) is 0 Å². The highest BCUT2D eigenvalue weighted by molar-refractivity contribution is 7.90. The maximum absolute atomic E-state index is 12.9. The van der Waals surface area contributed by atoms with E-state index >= 15 is 0 Å². The Balaban J connectivity index is 1.75. The van der Waals surface area contributed by atoms with Crippen LogP contribution in [0.4, 0.5) is 13.2 Å². The van der Waals surface area contributed by atoms with Crippen LogP contribution in [-0.4, -0.2) is 55.6 Å². The van der Waals surface area contributed by atoms with Gasteiger partial charge in [0.15, 0.2) is 12.9 Å². The number of nitrogens with zero attached hydrogens (tertiary/aromatic N) is 3. The molecule has 1 aromatic rings. The first-order valence-electron chi connectivity index (χ1n) is 8.19. The van der Waals surface area contributed by atoms with Crippen molar-refractivity contribution in [1.29, 1.82) is 5.26 Å². The number of hydrogen-bond donors (Lipinski definition) is 0. The van der Waals surface area contributed by atoms with Gasteiger partial charge in [-0.15, -0.1) is 0 Å². The monoisotopic (exact) mass is 401 g/mol. The Bertz CT molecular complexity index is 893. The maximum Gasteiger partial charge on any atom is 0.416 e. The van der Waals surface area contributed by atoms with Gasteiger partial charge in [0.2, 0.25) is 0 Å². The fourth-order valence-electron chi connectivity index (χ4n) is 3.35. The molecule has 1 aromatic carbocycles. The average molecular weight is 401 g/mol. The SMILES string of the molecule is CS(=O)(=O)C[C@@H]1C[C@@H](N2C=C(c3cccc(C(F)(F)F)c3)OC2)CN1C#N. The van der Waals surface area contributed by atoms with Gasteiger partial charge in [0.1, 0.15) is 15.6 Å². The molecular formula is C17H18F3N3O3S. The minimum Gasteiger partial charge on any atom is -0.471 e. The van der Waals surface area contributed by atoms with Gasteiger partial charge in [-0.25, -0.2) is 8.42 Å². The molecule has 2 aliphatic heterocycles. The van der Waals surface area contributed by atoms with Crippen LogP contribution in [0.3, 0.4) is 0 Å². The number of rotatable bonds is 4. The molecule has 0 aliphatic carbocycles. The largest absolute Gasteiger partial charge is 0.471 e. The lowest BCUT2D eigenvalue weighted by atomic mass is 10.1. The number of halogens is 3. The first kappa shape index (κ1) is 19.4. The van der Waals surface area contributed by atoms with Gasteiger partial charge in [0, 0.05) is 24.6 Å². The van der Waals surface area contributed by atoms with Crippen molar-refractivity contribution in [2.45, 2.75) is 24.7 Å². The minimum atomic E-state index is -4.44. The van der Waals surface area contributed by atoms with E-state index in [4.69, 9.17) is 4.74 Å². The molecule has 0 bridgehead atoms. The molecule has 2 heterocycles. The molecule has 6 nitrogen and oxygen atoms in total. The van der Waals surface area contributed by atoms with Crippen molar-refractivity contribution >= 4 is 15.6 Å². The van der Waals surface area contributed by atoms with Gasteiger partial charge in [-0.2, -0.15) is 18.4 Å². The quantitative estimate of drug-likeness (QED) is 0.721. The van der Waals surface area contributed by atoms with E-state index in [0.717, 1.165) is 18.4 Å². The third-order valence-corrected chi connectivity index (χ3v) is 5.60. The first-order valence-corrected chi connectivity index (χ1v) is 10.2. The molecule has 1 fully saturated rings. The second kappa shape index (κ2) is 6.96. The topological polar surface area (TPSA) is 73.6 Å². The van der Waals surface area contributed by atoms with Gasteiger partial charge in [-0.1, -0.05) is 12.1 Å². The summed E-state index contributed by atoms with van der Waals surface area (Å²) >= 11 is 0. The highest BCUT2D eigenvalue weighted by atomic mass is 32.2. The van der Waals surface area contributed by atoms with Crippen LogP contribution in [0.1, 0.15) is 17.5 Å². The molecule has 0 N–H and O–H groups in total. The molecule has 3 rings (SSSR count). The summed E-state index contributed by atoms with van der Waals surface area (Å²) in [5, 5.41) is 9.24. The zero-order valence-corrected chi connectivity index (χ0v) is 15.3. The van der Waals surface area contributed by atoms with E-state index in [2.05, 4.69) is 0 Å². The molecule has 10 heteroatoms. The fraction of sp³-hybridized carbons (Fsp3) is 0.471. The number of ether oxygens (including phenoxy) is 1. The van der Waals surface area contributed by atoms with Crippen LogP contribution in [0.25, 0.3) is 5.76 Å². The summed E-state index contributed by atoms with van der Waals surface area (Å²) in [5.74, 6) is 0.201. The van der Waals surface area contributed by atoms with Crippen LogP contribution in [0.2, 0.25) is 0 Å². The summed E-state index contributed by atoms with van der Waals surface area (Å²) in [6.45, 7) is 0.480. The number of alkyl halides is 3. The van der Waals surface area contributed by atoms with E-state index in [1.54, 1.807) is 11.1 Å². The predicted octanol–water partition coefficient (Wildman–Crippen LogP) is 2.26. The van der Waals surface area contributed by atoms with Crippen LogP contribution < -0.4 is 0 Å². The highest BCUT2D eigenvalue weighted by Gasteiger charge is 2.38. The van der Waals surface area contributed by atoms with Crippen molar-refractivity contribution in [3.8, 4) is 6.19 Å². The van der Waals surface area contributed by atoms with E-state index in [0.29, 0.717) is 24.3 Å². The normalized spacial score (nSPS) is 23.1. The van der Waals surface area contributed by atoms with Crippen LogP contribution in [0, 0.1) is 11.5 Å². The van der Waals surface area contributed by atoms with Crippen LogP contribution in [0.5, 0.6) is 0 Å². The smallest absolute Gasteiger partial charge is 0.416 e. The summed E-state index contributed by atoms with van der Waals surface area (Å²) in [7, 11) is -3.23. The van der Waals surface area contributed by atoms with Gasteiger partial charge in [0.05, 0.1) is 23.4 Å². The standard InChI is InChI=1S/C17H18F3N3O3S/c1-27(24,25)9-15-6-14(7-22(15)10-21)23-8-16(26-11-23)12-3-2-4-13(5-12)17(18,19)20/h2-5,8,14-15H,6-7,9,11H2,1H3/t14-,15+/m1/s1. The van der Waals surface area contributed by atoms with Crippen molar-refractivity contribution in [2.24, 2.45) is 0 Å². The molecule has 146 valence electrons. The van der Waals surface area contributed by atoms with Crippen LogP contribution in [0.15, 0.2) is 30.5 Å². The molecule has 0 radical (unpaired) electrons. The van der Waals surface area contributed by atoms with Crippen molar-refractivity contribution < 1.29 is 26.3 Å². The molecule has 0 amide bonds. The molecule has 27 heavy (non-hydrogen) atoms. The number of benzene rings is 1. The zero-order chi connectivity index (χ0) is 19.8. The molecule has 1 saturated heterocycles. The molecule has 0 spiro atoms. The van der Waals surface area contributed by atoms with Crippen molar-refractivity contribution in [1.82, 2.24) is 9.80 Å². The summed E-state index contributed by atoms with van der Waals surface area (Å²) in [5.41, 5.74) is -0.442. The third kappa shape index (κ3) is 4.47. The zero-order valence-electron chi connectivity index (χ0n) is 14.5. The predicted molar refractivity (Wildman–Crippen MR) is 91.4 cm³/mol. The Kier molecular flexibility index (Phi) is 4.99. The van der Waals surface area contributed by atoms with Gasteiger partial charge in [-0.3, -0.25) is 0 Å². The third-order valence-electron chi connectivity index (χ3n) is 4.61. The van der Waals surface area contributed by atoms with E-state index in [1.165, 1.54) is 17.0 Å². The van der Waals surface area contributed by atoms with E-state index in [9.17, 15) is 26.9 Å². The summed E-state index contributed by atoms with van der Waals surface area (Å²) in [6.07, 6.45) is 0.778. The number of sulfone groups is 1. The van der Waals surface area contributed by atoms with Crippen molar-refractivity contribution in [2.75, 3.05) is 25.3 Å². The molecule has 0 aromatic heterocycles.